The molecule has 0 aliphatic carbocycles. The van der Waals surface area contributed by atoms with E-state index in [4.69, 9.17) is 4.98 Å². The zero-order chi connectivity index (χ0) is 19.1. The van der Waals surface area contributed by atoms with Crippen molar-refractivity contribution in [3.8, 4) is 11.3 Å². The van der Waals surface area contributed by atoms with Crippen LogP contribution in [0.3, 0.4) is 0 Å². The van der Waals surface area contributed by atoms with E-state index < -0.39 is 0 Å². The van der Waals surface area contributed by atoms with Crippen molar-refractivity contribution in [2.75, 3.05) is 6.54 Å². The van der Waals surface area contributed by atoms with E-state index in [-0.39, 0.29) is 11.9 Å². The van der Waals surface area contributed by atoms with Gasteiger partial charge in [0.25, 0.3) is 5.91 Å². The lowest BCUT2D eigenvalue weighted by Crippen LogP contribution is -2.42. The van der Waals surface area contributed by atoms with Crippen LogP contribution in [0.1, 0.15) is 47.7 Å². The largest absolute Gasteiger partial charge is 0.336 e. The number of hydrogen-bond acceptors (Lipinski definition) is 3. The molecule has 0 bridgehead atoms. The van der Waals surface area contributed by atoms with Gasteiger partial charge in [0, 0.05) is 36.8 Å². The van der Waals surface area contributed by atoms with E-state index in [2.05, 4.69) is 38.0 Å². The van der Waals surface area contributed by atoms with Crippen molar-refractivity contribution in [1.82, 2.24) is 19.7 Å². The third kappa shape index (κ3) is 3.22. The number of rotatable bonds is 2. The van der Waals surface area contributed by atoms with Crippen LogP contribution in [0.5, 0.6) is 0 Å². The zero-order valence-corrected chi connectivity index (χ0v) is 16.5. The van der Waals surface area contributed by atoms with Crippen molar-refractivity contribution in [2.45, 2.75) is 46.1 Å². The molecule has 3 heterocycles. The molecule has 0 spiro atoms. The van der Waals surface area contributed by atoms with Gasteiger partial charge in [0.05, 0.1) is 23.0 Å². The number of fused-ring (bicyclic) bond motifs is 1. The summed E-state index contributed by atoms with van der Waals surface area (Å²) in [6, 6.07) is 6.43. The summed E-state index contributed by atoms with van der Waals surface area (Å²) in [4.78, 5) is 20.4. The number of carbonyl (C=O) groups excluding carboxylic acids is 1. The van der Waals surface area contributed by atoms with Gasteiger partial charge < -0.3 is 4.90 Å². The third-order valence-electron chi connectivity index (χ3n) is 5.55. The molecule has 2 aromatic heterocycles. The summed E-state index contributed by atoms with van der Waals surface area (Å²) in [5, 5.41) is 5.23. The number of pyridine rings is 1. The van der Waals surface area contributed by atoms with Gasteiger partial charge in [-0.2, -0.15) is 5.10 Å². The quantitative estimate of drug-likeness (QED) is 0.684. The number of likely N-dealkylation sites (tertiary alicyclic amines) is 1. The van der Waals surface area contributed by atoms with Crippen LogP contribution in [0, 0.1) is 13.8 Å². The highest BCUT2D eigenvalue weighted by Gasteiger charge is 2.27. The van der Waals surface area contributed by atoms with E-state index >= 15 is 0 Å². The Kier molecular flexibility index (Phi) is 4.46. The second-order valence-corrected chi connectivity index (χ2v) is 7.78. The summed E-state index contributed by atoms with van der Waals surface area (Å²) in [6.45, 7) is 7.12. The molecule has 0 radical (unpaired) electrons. The fourth-order valence-electron chi connectivity index (χ4n) is 4.18. The highest BCUT2D eigenvalue weighted by molar-refractivity contribution is 6.08. The maximum atomic E-state index is 13.5. The first-order chi connectivity index (χ1) is 12.9. The standard InChI is InChI=1S/C22H26N4O/c1-14-9-15(2)21-18(22(27)26-8-6-5-7-16(26)3)11-19(24-20(21)10-14)17-12-23-25(4)13-17/h9-13,16H,5-8H2,1-4H3/t16-/m1/s1. The summed E-state index contributed by atoms with van der Waals surface area (Å²) in [5.41, 5.74) is 5.61. The van der Waals surface area contributed by atoms with Crippen molar-refractivity contribution in [3.05, 3.63) is 47.3 Å². The molecule has 1 fully saturated rings. The predicted molar refractivity (Wildman–Crippen MR) is 108 cm³/mol. The highest BCUT2D eigenvalue weighted by atomic mass is 16.2. The van der Waals surface area contributed by atoms with Gasteiger partial charge in [-0.15, -0.1) is 0 Å². The van der Waals surface area contributed by atoms with Crippen LogP contribution in [0.4, 0.5) is 0 Å². The van der Waals surface area contributed by atoms with Gasteiger partial charge in [-0.25, -0.2) is 4.98 Å². The molecule has 0 saturated carbocycles. The highest BCUT2D eigenvalue weighted by Crippen LogP contribution is 2.30. The topological polar surface area (TPSA) is 51.0 Å². The van der Waals surface area contributed by atoms with Crippen LogP contribution in [0.2, 0.25) is 0 Å². The molecule has 1 atom stereocenters. The van der Waals surface area contributed by atoms with Crippen molar-refractivity contribution >= 4 is 16.8 Å². The lowest BCUT2D eigenvalue weighted by atomic mass is 9.96. The average Bonchev–Trinajstić information content (AvgIpc) is 3.06. The zero-order valence-electron chi connectivity index (χ0n) is 16.5. The number of benzene rings is 1. The Balaban J connectivity index is 1.92. The molecule has 4 rings (SSSR count). The maximum Gasteiger partial charge on any atom is 0.254 e. The van der Waals surface area contributed by atoms with E-state index in [1.165, 1.54) is 6.42 Å². The molecule has 1 aromatic carbocycles. The minimum atomic E-state index is 0.117. The molecule has 1 saturated heterocycles. The van der Waals surface area contributed by atoms with Gasteiger partial charge in [-0.1, -0.05) is 6.07 Å². The number of aromatic nitrogens is 3. The number of piperidine rings is 1. The minimum Gasteiger partial charge on any atom is -0.336 e. The number of nitrogens with zero attached hydrogens (tertiary/aromatic N) is 4. The normalized spacial score (nSPS) is 17.5. The molecule has 27 heavy (non-hydrogen) atoms. The van der Waals surface area contributed by atoms with E-state index in [0.29, 0.717) is 0 Å². The number of aryl methyl sites for hydroxylation is 3. The smallest absolute Gasteiger partial charge is 0.254 e. The molecule has 1 aliphatic rings. The molecular weight excluding hydrogens is 336 g/mol. The molecule has 0 N–H and O–H groups in total. The van der Waals surface area contributed by atoms with Crippen LogP contribution in [0.25, 0.3) is 22.2 Å². The number of hydrogen-bond donors (Lipinski definition) is 0. The molecule has 0 unspecified atom stereocenters. The Hall–Kier alpha value is -2.69. The van der Waals surface area contributed by atoms with Crippen molar-refractivity contribution in [2.24, 2.45) is 7.05 Å². The first-order valence-electron chi connectivity index (χ1n) is 9.66. The summed E-state index contributed by atoms with van der Waals surface area (Å²) in [7, 11) is 1.89. The van der Waals surface area contributed by atoms with Crippen molar-refractivity contribution in [3.63, 3.8) is 0 Å². The number of carbonyl (C=O) groups is 1. The molecule has 5 nitrogen and oxygen atoms in total. The SMILES string of the molecule is Cc1cc(C)c2c(C(=O)N3CCCC[C@H]3C)cc(-c3cnn(C)c3)nc2c1. The van der Waals surface area contributed by atoms with Gasteiger partial charge >= 0.3 is 0 Å². The van der Waals surface area contributed by atoms with E-state index in [0.717, 1.165) is 58.2 Å². The Morgan fingerprint density at radius 3 is 2.70 bits per heavy atom. The summed E-state index contributed by atoms with van der Waals surface area (Å²) >= 11 is 0. The second-order valence-electron chi connectivity index (χ2n) is 7.78. The van der Waals surface area contributed by atoms with Crippen molar-refractivity contribution in [1.29, 1.82) is 0 Å². The molecule has 1 amide bonds. The van der Waals surface area contributed by atoms with E-state index in [9.17, 15) is 4.79 Å². The summed E-state index contributed by atoms with van der Waals surface area (Å²) in [5.74, 6) is 0.117. The van der Waals surface area contributed by atoms with Crippen LogP contribution in [-0.2, 0) is 7.05 Å². The van der Waals surface area contributed by atoms with Gasteiger partial charge in [0.1, 0.15) is 0 Å². The maximum absolute atomic E-state index is 13.5. The third-order valence-corrected chi connectivity index (χ3v) is 5.55. The summed E-state index contributed by atoms with van der Waals surface area (Å²) in [6.07, 6.45) is 7.08. The lowest BCUT2D eigenvalue weighted by Gasteiger charge is -2.34. The molecule has 5 heteroatoms. The monoisotopic (exact) mass is 362 g/mol. The van der Waals surface area contributed by atoms with Crippen molar-refractivity contribution < 1.29 is 4.79 Å². The van der Waals surface area contributed by atoms with Crippen LogP contribution < -0.4 is 0 Å². The van der Waals surface area contributed by atoms with E-state index in [1.807, 2.05) is 24.2 Å². The van der Waals surface area contributed by atoms with Gasteiger partial charge in [-0.05, 0) is 63.3 Å². The molecular formula is C22H26N4O. The number of amides is 1. The second kappa shape index (κ2) is 6.80. The molecule has 3 aromatic rings. The summed E-state index contributed by atoms with van der Waals surface area (Å²) < 4.78 is 1.76. The first kappa shape index (κ1) is 17.7. The fourth-order valence-corrected chi connectivity index (χ4v) is 4.18. The van der Waals surface area contributed by atoms with Gasteiger partial charge in [0.2, 0.25) is 0 Å². The Labute approximate surface area is 160 Å². The lowest BCUT2D eigenvalue weighted by molar-refractivity contribution is 0.0637. The van der Waals surface area contributed by atoms with E-state index in [1.54, 1.807) is 10.9 Å². The van der Waals surface area contributed by atoms with Crippen LogP contribution in [-0.4, -0.2) is 38.2 Å². The predicted octanol–water partition coefficient (Wildman–Crippen LogP) is 4.27. The van der Waals surface area contributed by atoms with Crippen LogP contribution in [0.15, 0.2) is 30.6 Å². The Morgan fingerprint density at radius 2 is 2.00 bits per heavy atom. The first-order valence-corrected chi connectivity index (χ1v) is 9.66. The minimum absolute atomic E-state index is 0.117. The fraction of sp³-hybridized carbons (Fsp3) is 0.409. The Morgan fingerprint density at radius 1 is 1.19 bits per heavy atom. The average molecular weight is 362 g/mol. The Bertz CT molecular complexity index is 1020. The van der Waals surface area contributed by atoms with Gasteiger partial charge in [0.15, 0.2) is 0 Å². The van der Waals surface area contributed by atoms with Crippen LogP contribution >= 0.6 is 0 Å². The molecule has 1 aliphatic heterocycles. The molecule has 140 valence electrons. The van der Waals surface area contributed by atoms with Gasteiger partial charge in [-0.3, -0.25) is 9.48 Å².